The number of methoxy groups -OCH3 is 2. The van der Waals surface area contributed by atoms with Crippen LogP contribution in [0.4, 0.5) is 24.9 Å². The van der Waals surface area contributed by atoms with E-state index >= 15 is 0 Å². The number of carbonyl (C=O) groups excluding carboxylic acids is 1. The summed E-state index contributed by atoms with van der Waals surface area (Å²) in [4.78, 5) is 32.8. The summed E-state index contributed by atoms with van der Waals surface area (Å²) >= 11 is 6.39. The molecule has 3 aromatic rings. The number of halogens is 4. The predicted molar refractivity (Wildman–Crippen MR) is 164 cm³/mol. The number of amides is 1. The van der Waals surface area contributed by atoms with Crippen molar-refractivity contribution >= 4 is 52.2 Å². The second-order valence-electron chi connectivity index (χ2n) is 10.2. The molecule has 1 aliphatic rings. The summed E-state index contributed by atoms with van der Waals surface area (Å²) in [6.45, 7) is 0.646. The fraction of sp³-hybridized carbons (Fsp3) is 0.400. The molecule has 0 bridgehead atoms. The van der Waals surface area contributed by atoms with E-state index in [0.717, 1.165) is 42.4 Å². The highest BCUT2D eigenvalue weighted by atomic mass is 35.5. The van der Waals surface area contributed by atoms with E-state index in [0.29, 0.717) is 46.5 Å². The van der Waals surface area contributed by atoms with Gasteiger partial charge in [0, 0.05) is 38.1 Å². The van der Waals surface area contributed by atoms with Crippen LogP contribution in [-0.4, -0.2) is 74.0 Å². The number of carbonyl (C=O) groups is 2. The zero-order valence-electron chi connectivity index (χ0n) is 24.7. The Morgan fingerprint density at radius 1 is 1.07 bits per heavy atom. The number of hydrogen-bond acceptors (Lipinski definition) is 8. The molecule has 3 N–H and O–H groups in total. The molecule has 1 fully saturated rings. The van der Waals surface area contributed by atoms with Crippen LogP contribution in [0.1, 0.15) is 31.2 Å². The monoisotopic (exact) mass is 637 g/mol. The molecule has 1 saturated carbocycles. The maximum Gasteiger partial charge on any atom is 0.490 e. The molecule has 1 aromatic heterocycles. The van der Waals surface area contributed by atoms with Crippen LogP contribution in [0.15, 0.2) is 42.5 Å². The molecule has 238 valence electrons. The lowest BCUT2D eigenvalue weighted by atomic mass is 9.86. The number of aliphatic carboxylic acids is 1. The van der Waals surface area contributed by atoms with Crippen molar-refractivity contribution < 1.29 is 37.3 Å². The third-order valence-corrected chi connectivity index (χ3v) is 7.31. The third-order valence-electron chi connectivity index (χ3n) is 6.92. The van der Waals surface area contributed by atoms with Crippen LogP contribution in [0.25, 0.3) is 17.0 Å². The first kappa shape index (κ1) is 34.2. The Bertz CT molecular complexity index is 1480. The molecule has 14 heteroatoms. The van der Waals surface area contributed by atoms with Crippen LogP contribution < -0.4 is 25.0 Å². The predicted octanol–water partition coefficient (Wildman–Crippen LogP) is 5.80. The van der Waals surface area contributed by atoms with Gasteiger partial charge in [-0.1, -0.05) is 23.7 Å². The number of anilines is 2. The van der Waals surface area contributed by atoms with Crippen LogP contribution in [-0.2, 0) is 9.59 Å². The fourth-order valence-electron chi connectivity index (χ4n) is 4.66. The molecule has 1 aliphatic carbocycles. The Labute approximate surface area is 258 Å². The number of alkyl halides is 3. The normalized spacial score (nSPS) is 16.5. The number of ether oxygens (including phenoxy) is 2. The number of para-hydroxylation sites is 1. The molecule has 0 aliphatic heterocycles. The van der Waals surface area contributed by atoms with E-state index in [1.807, 2.05) is 43.3 Å². The summed E-state index contributed by atoms with van der Waals surface area (Å²) in [5, 5.41) is 15.1. The molecule has 1 heterocycles. The standard InChI is InChI=1S/C28H34ClN5O3.C2HF3O2/c1-34(2)27-21-7-5-6-8-22(21)32-28(33-27)31-20-13-9-18(10-14-20)17-30-24(35)16-12-19-11-15-23(36-3)26(37-4)25(19)29;3-2(4,5)1(6)7/h5-8,11-12,15-16,18,20H,9-10,13-14,17H2,1-4H3,(H,30,35)(H,31,32,33);(H,6,7)/b16-12+;. The summed E-state index contributed by atoms with van der Waals surface area (Å²) < 4.78 is 42.3. The lowest BCUT2D eigenvalue weighted by molar-refractivity contribution is -0.192. The van der Waals surface area contributed by atoms with Gasteiger partial charge in [0.25, 0.3) is 0 Å². The van der Waals surface area contributed by atoms with E-state index in [9.17, 15) is 18.0 Å². The lowest BCUT2D eigenvalue weighted by Crippen LogP contribution is -2.33. The SMILES string of the molecule is COc1ccc(/C=C/C(=O)NCC2CCC(Nc3nc(N(C)C)c4ccccc4n3)CC2)c(Cl)c1OC.O=C(O)C(F)(F)F. The number of aromatic nitrogens is 2. The highest BCUT2D eigenvalue weighted by Crippen LogP contribution is 2.37. The van der Waals surface area contributed by atoms with Crippen molar-refractivity contribution in [2.45, 2.75) is 37.9 Å². The van der Waals surface area contributed by atoms with Gasteiger partial charge in [-0.3, -0.25) is 4.79 Å². The van der Waals surface area contributed by atoms with Gasteiger partial charge in [0.15, 0.2) is 11.5 Å². The van der Waals surface area contributed by atoms with Crippen molar-refractivity contribution in [1.82, 2.24) is 15.3 Å². The van der Waals surface area contributed by atoms with Gasteiger partial charge in [-0.05, 0) is 67.5 Å². The van der Waals surface area contributed by atoms with Gasteiger partial charge in [0.2, 0.25) is 11.9 Å². The third kappa shape index (κ3) is 9.37. The molecule has 1 amide bonds. The summed E-state index contributed by atoms with van der Waals surface area (Å²) in [6, 6.07) is 11.9. The molecule has 0 saturated heterocycles. The van der Waals surface area contributed by atoms with Crippen molar-refractivity contribution in [3.05, 3.63) is 53.1 Å². The zero-order valence-corrected chi connectivity index (χ0v) is 25.5. The second kappa shape index (κ2) is 15.5. The molecule has 10 nitrogen and oxygen atoms in total. The number of rotatable bonds is 9. The number of carboxylic acids is 1. The summed E-state index contributed by atoms with van der Waals surface area (Å²) in [5.74, 6) is 0.105. The van der Waals surface area contributed by atoms with Crippen LogP contribution in [0.2, 0.25) is 5.02 Å². The minimum atomic E-state index is -5.08. The molecular formula is C30H35ClF3N5O5. The van der Waals surface area contributed by atoms with Gasteiger partial charge in [0.05, 0.1) is 24.8 Å². The summed E-state index contributed by atoms with van der Waals surface area (Å²) in [7, 11) is 7.08. The molecule has 44 heavy (non-hydrogen) atoms. The topological polar surface area (TPSA) is 126 Å². The van der Waals surface area contributed by atoms with E-state index in [1.54, 1.807) is 25.3 Å². The number of nitrogens with one attached hydrogen (secondary N) is 2. The second-order valence-corrected chi connectivity index (χ2v) is 10.6. The molecule has 4 rings (SSSR count). The Kier molecular flexibility index (Phi) is 12.0. The van der Waals surface area contributed by atoms with E-state index in [2.05, 4.69) is 10.6 Å². The number of hydrogen-bond donors (Lipinski definition) is 3. The fourth-order valence-corrected chi connectivity index (χ4v) is 4.96. The van der Waals surface area contributed by atoms with E-state index in [4.69, 9.17) is 40.9 Å². The van der Waals surface area contributed by atoms with Gasteiger partial charge in [0.1, 0.15) is 5.82 Å². The van der Waals surface area contributed by atoms with Crippen molar-refractivity contribution in [3.8, 4) is 11.5 Å². The van der Waals surface area contributed by atoms with Crippen molar-refractivity contribution in [1.29, 1.82) is 0 Å². The summed E-state index contributed by atoms with van der Waals surface area (Å²) in [5.41, 5.74) is 1.62. The highest BCUT2D eigenvalue weighted by molar-refractivity contribution is 6.33. The molecule has 0 radical (unpaired) electrons. The smallest absolute Gasteiger partial charge is 0.490 e. The van der Waals surface area contributed by atoms with Crippen molar-refractivity contribution in [3.63, 3.8) is 0 Å². The molecule has 0 spiro atoms. The largest absolute Gasteiger partial charge is 0.493 e. The molecule has 2 aromatic carbocycles. The molecule has 0 unspecified atom stereocenters. The Morgan fingerprint density at radius 2 is 1.73 bits per heavy atom. The van der Waals surface area contributed by atoms with E-state index < -0.39 is 12.1 Å². The van der Waals surface area contributed by atoms with Gasteiger partial charge >= 0.3 is 12.1 Å². The number of nitrogens with zero attached hydrogens (tertiary/aromatic N) is 3. The van der Waals surface area contributed by atoms with E-state index in [-0.39, 0.29) is 5.91 Å². The quantitative estimate of drug-likeness (QED) is 0.250. The van der Waals surface area contributed by atoms with Gasteiger partial charge in [-0.25, -0.2) is 9.78 Å². The first-order chi connectivity index (χ1) is 20.8. The Hall–Kier alpha value is -4.26. The first-order valence-electron chi connectivity index (χ1n) is 13.7. The van der Waals surface area contributed by atoms with Crippen molar-refractivity contribution in [2.75, 3.05) is 45.1 Å². The minimum Gasteiger partial charge on any atom is -0.493 e. The zero-order chi connectivity index (χ0) is 32.4. The van der Waals surface area contributed by atoms with Crippen LogP contribution in [0.5, 0.6) is 11.5 Å². The lowest BCUT2D eigenvalue weighted by Gasteiger charge is -2.29. The first-order valence-corrected chi connectivity index (χ1v) is 14.1. The van der Waals surface area contributed by atoms with Crippen LogP contribution in [0, 0.1) is 5.92 Å². The Morgan fingerprint density at radius 3 is 2.32 bits per heavy atom. The molecular weight excluding hydrogens is 603 g/mol. The highest BCUT2D eigenvalue weighted by Gasteiger charge is 2.38. The minimum absolute atomic E-state index is 0.146. The van der Waals surface area contributed by atoms with Crippen molar-refractivity contribution in [2.24, 2.45) is 5.92 Å². The average Bonchev–Trinajstić information content (AvgIpc) is 2.99. The maximum atomic E-state index is 12.4. The van der Waals surface area contributed by atoms with Gasteiger partial charge < -0.3 is 30.1 Å². The number of carboxylic acid groups (broad SMARTS) is 1. The van der Waals surface area contributed by atoms with Gasteiger partial charge in [-0.15, -0.1) is 0 Å². The van der Waals surface area contributed by atoms with Crippen LogP contribution in [0.3, 0.4) is 0 Å². The van der Waals surface area contributed by atoms with Gasteiger partial charge in [-0.2, -0.15) is 18.2 Å². The van der Waals surface area contributed by atoms with Crippen LogP contribution >= 0.6 is 11.6 Å². The summed E-state index contributed by atoms with van der Waals surface area (Å²) in [6.07, 6.45) is 2.16. The number of fused-ring (bicyclic) bond motifs is 1. The number of benzene rings is 2. The average molecular weight is 638 g/mol. The van der Waals surface area contributed by atoms with E-state index in [1.165, 1.54) is 13.2 Å². The Balaban J connectivity index is 0.000000676. The molecule has 0 atom stereocenters. The maximum absolute atomic E-state index is 12.4.